The van der Waals surface area contributed by atoms with Crippen molar-refractivity contribution in [2.45, 2.75) is 18.9 Å². The molecule has 1 amide bonds. The number of hydrogen-bond acceptors (Lipinski definition) is 4. The maximum absolute atomic E-state index is 12.1. The van der Waals surface area contributed by atoms with Gasteiger partial charge in [0, 0.05) is 51.7 Å². The first-order chi connectivity index (χ1) is 11.2. The van der Waals surface area contributed by atoms with Crippen LogP contribution in [0.1, 0.15) is 12.8 Å². The van der Waals surface area contributed by atoms with Gasteiger partial charge in [-0.15, -0.1) is 12.4 Å². The van der Waals surface area contributed by atoms with Gasteiger partial charge >= 0.3 is 0 Å². The Hall–Kier alpha value is -0.850. The number of para-hydroxylation sites is 1. The fraction of sp³-hybridized carbons (Fsp3) is 0.588. The Morgan fingerprint density at radius 2 is 2.00 bits per heavy atom. The number of hydrogen-bond donors (Lipinski definition) is 2. The van der Waals surface area contributed by atoms with Crippen LogP contribution in [0.4, 0.5) is 5.69 Å². The van der Waals surface area contributed by atoms with E-state index in [1.807, 2.05) is 18.2 Å². The summed E-state index contributed by atoms with van der Waals surface area (Å²) >= 11 is 6.06. The zero-order valence-electron chi connectivity index (χ0n) is 13.8. The summed E-state index contributed by atoms with van der Waals surface area (Å²) in [5.41, 5.74) is 0.692. The van der Waals surface area contributed by atoms with Gasteiger partial charge in [0.05, 0.1) is 10.7 Å². The van der Waals surface area contributed by atoms with Gasteiger partial charge in [0.15, 0.2) is 0 Å². The van der Waals surface area contributed by atoms with Gasteiger partial charge in [-0.2, -0.15) is 0 Å². The fourth-order valence-corrected chi connectivity index (χ4v) is 3.52. The predicted octanol–water partition coefficient (Wildman–Crippen LogP) is 2.07. The molecule has 1 aromatic carbocycles. The number of amides is 1. The van der Waals surface area contributed by atoms with Crippen molar-refractivity contribution in [1.29, 1.82) is 0 Å². The number of piperazine rings is 1. The molecule has 2 fully saturated rings. The average molecular weight is 373 g/mol. The Morgan fingerprint density at radius 1 is 1.25 bits per heavy atom. The van der Waals surface area contributed by atoms with Crippen LogP contribution in [-0.4, -0.2) is 67.6 Å². The fourth-order valence-electron chi connectivity index (χ4n) is 3.34. The molecule has 134 valence electrons. The molecule has 0 saturated carbocycles. The molecule has 24 heavy (non-hydrogen) atoms. The van der Waals surface area contributed by atoms with Crippen molar-refractivity contribution in [2.75, 3.05) is 51.1 Å². The first-order valence-corrected chi connectivity index (χ1v) is 8.81. The Bertz CT molecular complexity index is 529. The molecule has 2 N–H and O–H groups in total. The van der Waals surface area contributed by atoms with E-state index in [0.29, 0.717) is 23.2 Å². The first kappa shape index (κ1) is 19.5. The Kier molecular flexibility index (Phi) is 7.78. The van der Waals surface area contributed by atoms with Gasteiger partial charge in [0.2, 0.25) is 5.91 Å². The quantitative estimate of drug-likeness (QED) is 0.830. The largest absolute Gasteiger partial charge is 0.325 e. The summed E-state index contributed by atoms with van der Waals surface area (Å²) in [6, 6.07) is 8.06. The monoisotopic (exact) mass is 372 g/mol. The van der Waals surface area contributed by atoms with E-state index in [2.05, 4.69) is 20.4 Å². The lowest BCUT2D eigenvalue weighted by molar-refractivity contribution is -0.116. The van der Waals surface area contributed by atoms with E-state index in [-0.39, 0.29) is 18.3 Å². The molecule has 2 aliphatic rings. The SMILES string of the molecule is Cl.O=C(CCN1CCN(C2CCNC2)CC1)Nc1ccccc1Cl. The molecule has 1 atom stereocenters. The van der Waals surface area contributed by atoms with Crippen LogP contribution in [0.25, 0.3) is 0 Å². The highest BCUT2D eigenvalue weighted by atomic mass is 35.5. The summed E-state index contributed by atoms with van der Waals surface area (Å²) in [5.74, 6) is 0.0283. The van der Waals surface area contributed by atoms with Gasteiger partial charge in [-0.1, -0.05) is 23.7 Å². The van der Waals surface area contributed by atoms with Crippen molar-refractivity contribution in [3.63, 3.8) is 0 Å². The lowest BCUT2D eigenvalue weighted by Crippen LogP contribution is -2.51. The topological polar surface area (TPSA) is 47.6 Å². The van der Waals surface area contributed by atoms with Crippen LogP contribution in [0.5, 0.6) is 0 Å². The molecule has 2 saturated heterocycles. The molecular formula is C17H26Cl2N4O. The highest BCUT2D eigenvalue weighted by Gasteiger charge is 2.25. The molecule has 0 bridgehead atoms. The van der Waals surface area contributed by atoms with E-state index < -0.39 is 0 Å². The number of carbonyl (C=O) groups excluding carboxylic acids is 1. The Labute approximate surface area is 155 Å². The van der Waals surface area contributed by atoms with Crippen LogP contribution in [0.2, 0.25) is 5.02 Å². The zero-order chi connectivity index (χ0) is 16.1. The highest BCUT2D eigenvalue weighted by Crippen LogP contribution is 2.20. The van der Waals surface area contributed by atoms with Gasteiger partial charge in [0.25, 0.3) is 0 Å². The molecule has 0 spiro atoms. The summed E-state index contributed by atoms with van der Waals surface area (Å²) in [6.07, 6.45) is 1.77. The molecular weight excluding hydrogens is 347 g/mol. The minimum atomic E-state index is 0. The maximum Gasteiger partial charge on any atom is 0.225 e. The zero-order valence-corrected chi connectivity index (χ0v) is 15.4. The number of nitrogens with zero attached hydrogens (tertiary/aromatic N) is 2. The second kappa shape index (κ2) is 9.59. The summed E-state index contributed by atoms with van der Waals surface area (Å²) in [7, 11) is 0. The normalized spacial score (nSPS) is 22.1. The highest BCUT2D eigenvalue weighted by molar-refractivity contribution is 6.33. The molecule has 0 radical (unpaired) electrons. The Morgan fingerprint density at radius 3 is 2.67 bits per heavy atom. The number of rotatable bonds is 5. The third-order valence-electron chi connectivity index (χ3n) is 4.76. The van der Waals surface area contributed by atoms with E-state index in [4.69, 9.17) is 11.6 Å². The summed E-state index contributed by atoms with van der Waals surface area (Å²) < 4.78 is 0. The second-order valence-electron chi connectivity index (χ2n) is 6.30. The van der Waals surface area contributed by atoms with E-state index in [0.717, 1.165) is 45.8 Å². The van der Waals surface area contributed by atoms with Crippen molar-refractivity contribution in [2.24, 2.45) is 0 Å². The van der Waals surface area contributed by atoms with Crippen LogP contribution >= 0.6 is 24.0 Å². The number of halogens is 2. The molecule has 7 heteroatoms. The van der Waals surface area contributed by atoms with Crippen LogP contribution in [-0.2, 0) is 4.79 Å². The summed E-state index contributed by atoms with van der Waals surface area (Å²) in [6.45, 7) is 7.41. The molecule has 0 aliphatic carbocycles. The van der Waals surface area contributed by atoms with Gasteiger partial charge < -0.3 is 15.5 Å². The average Bonchev–Trinajstić information content (AvgIpc) is 3.10. The molecule has 1 unspecified atom stereocenters. The number of nitrogens with one attached hydrogen (secondary N) is 2. The molecule has 1 aromatic rings. The molecule has 5 nitrogen and oxygen atoms in total. The van der Waals surface area contributed by atoms with Crippen molar-refractivity contribution >= 4 is 35.6 Å². The standard InChI is InChI=1S/C17H25ClN4O.ClH/c18-15-3-1-2-4-16(15)20-17(23)6-8-21-9-11-22(12-10-21)14-5-7-19-13-14;/h1-4,14,19H,5-13H2,(H,20,23);1H. The smallest absolute Gasteiger partial charge is 0.225 e. The van der Waals surface area contributed by atoms with Crippen molar-refractivity contribution in [3.8, 4) is 0 Å². The van der Waals surface area contributed by atoms with E-state index >= 15 is 0 Å². The predicted molar refractivity (Wildman–Crippen MR) is 101 cm³/mol. The van der Waals surface area contributed by atoms with Gasteiger partial charge in [-0.25, -0.2) is 0 Å². The van der Waals surface area contributed by atoms with Gasteiger partial charge in [-0.05, 0) is 25.1 Å². The Balaban J connectivity index is 0.00000208. The first-order valence-electron chi connectivity index (χ1n) is 8.44. The molecule has 2 aliphatic heterocycles. The number of anilines is 1. The van der Waals surface area contributed by atoms with Crippen LogP contribution < -0.4 is 10.6 Å². The van der Waals surface area contributed by atoms with Crippen molar-refractivity contribution < 1.29 is 4.79 Å². The van der Waals surface area contributed by atoms with Crippen molar-refractivity contribution in [3.05, 3.63) is 29.3 Å². The van der Waals surface area contributed by atoms with Gasteiger partial charge in [-0.3, -0.25) is 9.69 Å². The minimum Gasteiger partial charge on any atom is -0.325 e. The van der Waals surface area contributed by atoms with E-state index in [1.54, 1.807) is 6.07 Å². The maximum atomic E-state index is 12.1. The summed E-state index contributed by atoms with van der Waals surface area (Å²) in [5, 5.41) is 6.90. The van der Waals surface area contributed by atoms with E-state index in [1.165, 1.54) is 6.42 Å². The molecule has 0 aromatic heterocycles. The van der Waals surface area contributed by atoms with Crippen molar-refractivity contribution in [1.82, 2.24) is 15.1 Å². The third-order valence-corrected chi connectivity index (χ3v) is 5.09. The third kappa shape index (κ3) is 5.33. The van der Waals surface area contributed by atoms with Gasteiger partial charge in [0.1, 0.15) is 0 Å². The lowest BCUT2D eigenvalue weighted by atomic mass is 10.2. The number of benzene rings is 1. The molecule has 3 rings (SSSR count). The summed E-state index contributed by atoms with van der Waals surface area (Å²) in [4.78, 5) is 17.0. The van der Waals surface area contributed by atoms with Crippen LogP contribution in [0.3, 0.4) is 0 Å². The lowest BCUT2D eigenvalue weighted by Gasteiger charge is -2.37. The van der Waals surface area contributed by atoms with Crippen LogP contribution in [0, 0.1) is 0 Å². The second-order valence-corrected chi connectivity index (χ2v) is 6.71. The van der Waals surface area contributed by atoms with Crippen LogP contribution in [0.15, 0.2) is 24.3 Å². The number of carbonyl (C=O) groups is 1. The van der Waals surface area contributed by atoms with E-state index in [9.17, 15) is 4.79 Å². The molecule has 2 heterocycles. The minimum absolute atomic E-state index is 0.